The Morgan fingerprint density at radius 2 is 2.20 bits per heavy atom. The molecule has 0 bridgehead atoms. The van der Waals surface area contributed by atoms with Crippen LogP contribution in [0.5, 0.6) is 0 Å². The molecule has 0 aliphatic rings. The third-order valence-corrected chi connectivity index (χ3v) is 4.95. The van der Waals surface area contributed by atoms with Crippen LogP contribution in [0, 0.1) is 0 Å². The number of carbonyl (C=O) groups excluding carboxylic acids is 1. The number of carbonyl (C=O) groups is 1. The van der Waals surface area contributed by atoms with E-state index in [9.17, 15) is 4.79 Å². The number of amides is 1. The molecule has 1 amide bonds. The van der Waals surface area contributed by atoms with Crippen LogP contribution in [-0.2, 0) is 0 Å². The second-order valence-electron chi connectivity index (χ2n) is 5.77. The van der Waals surface area contributed by atoms with E-state index in [1.165, 1.54) is 4.70 Å². The molecule has 0 saturated carbocycles. The fraction of sp³-hybridized carbons (Fsp3) is 0.222. The van der Waals surface area contributed by atoms with Crippen molar-refractivity contribution in [3.8, 4) is 11.4 Å². The lowest BCUT2D eigenvalue weighted by Gasteiger charge is -1.99. The quantitative estimate of drug-likeness (QED) is 0.558. The molecule has 0 unspecified atom stereocenters. The monoisotopic (exact) mass is 351 g/mol. The number of benzene rings is 1. The van der Waals surface area contributed by atoms with Crippen LogP contribution >= 0.6 is 11.3 Å². The molecule has 0 radical (unpaired) electrons. The highest BCUT2D eigenvalue weighted by Gasteiger charge is 2.14. The number of aromatic nitrogens is 4. The van der Waals surface area contributed by atoms with E-state index in [4.69, 9.17) is 0 Å². The average Bonchev–Trinajstić information content (AvgIpc) is 3.25. The van der Waals surface area contributed by atoms with Gasteiger partial charge in [0.05, 0.1) is 12.4 Å². The third kappa shape index (κ3) is 2.98. The summed E-state index contributed by atoms with van der Waals surface area (Å²) in [5.41, 5.74) is 1.91. The van der Waals surface area contributed by atoms with E-state index in [1.54, 1.807) is 28.2 Å². The molecule has 3 aromatic heterocycles. The number of thiophene rings is 1. The van der Waals surface area contributed by atoms with Crippen LogP contribution in [0.25, 0.3) is 27.1 Å². The van der Waals surface area contributed by atoms with Crippen molar-refractivity contribution in [1.82, 2.24) is 24.9 Å². The minimum Gasteiger partial charge on any atom is -0.351 e. The Kier molecular flexibility index (Phi) is 4.15. The maximum Gasteiger partial charge on any atom is 0.271 e. The van der Waals surface area contributed by atoms with Crippen molar-refractivity contribution in [3.63, 3.8) is 0 Å². The molecule has 0 aliphatic heterocycles. The molecule has 1 aromatic carbocycles. The first-order chi connectivity index (χ1) is 12.3. The molecule has 0 spiro atoms. The molecule has 25 heavy (non-hydrogen) atoms. The standard InChI is InChI=1S/C18H17N5OS/c1-2-3-8-19-18(24)14-10-23-16(21-14)9-20-17(22-23)13-11-25-15-7-5-4-6-12(13)15/h4-7,9-11H,2-3,8H2,1H3,(H,19,24). The molecule has 1 N–H and O–H groups in total. The van der Waals surface area contributed by atoms with Crippen molar-refractivity contribution in [3.05, 3.63) is 47.7 Å². The van der Waals surface area contributed by atoms with Crippen LogP contribution in [-0.4, -0.2) is 32.0 Å². The summed E-state index contributed by atoms with van der Waals surface area (Å²) in [7, 11) is 0. The zero-order valence-electron chi connectivity index (χ0n) is 13.8. The highest BCUT2D eigenvalue weighted by atomic mass is 32.1. The van der Waals surface area contributed by atoms with Crippen LogP contribution in [0.1, 0.15) is 30.3 Å². The number of unbranched alkanes of at least 4 members (excludes halogenated alkanes) is 1. The molecular formula is C18H17N5OS. The summed E-state index contributed by atoms with van der Waals surface area (Å²) in [4.78, 5) is 20.9. The fourth-order valence-corrected chi connectivity index (χ4v) is 3.59. The Labute approximate surface area is 148 Å². The lowest BCUT2D eigenvalue weighted by molar-refractivity contribution is 0.0948. The van der Waals surface area contributed by atoms with E-state index in [1.807, 2.05) is 12.1 Å². The van der Waals surface area contributed by atoms with Crippen molar-refractivity contribution in [2.75, 3.05) is 6.54 Å². The van der Waals surface area contributed by atoms with Gasteiger partial charge in [0.2, 0.25) is 0 Å². The summed E-state index contributed by atoms with van der Waals surface area (Å²) in [5.74, 6) is 0.446. The summed E-state index contributed by atoms with van der Waals surface area (Å²) in [5, 5.41) is 10.6. The number of imidazole rings is 1. The van der Waals surface area contributed by atoms with E-state index < -0.39 is 0 Å². The van der Waals surface area contributed by atoms with Gasteiger partial charge in [0.1, 0.15) is 5.69 Å². The van der Waals surface area contributed by atoms with Gasteiger partial charge in [-0.2, -0.15) is 0 Å². The van der Waals surface area contributed by atoms with Gasteiger partial charge in [-0.05, 0) is 12.5 Å². The summed E-state index contributed by atoms with van der Waals surface area (Å²) in [6, 6.07) is 8.17. The van der Waals surface area contributed by atoms with Crippen molar-refractivity contribution in [2.24, 2.45) is 0 Å². The maximum absolute atomic E-state index is 12.1. The van der Waals surface area contributed by atoms with E-state index in [0.717, 1.165) is 23.8 Å². The zero-order chi connectivity index (χ0) is 17.2. The average molecular weight is 351 g/mol. The molecule has 0 saturated heterocycles. The lowest BCUT2D eigenvalue weighted by atomic mass is 10.2. The first-order valence-electron chi connectivity index (χ1n) is 8.23. The molecule has 4 aromatic rings. The summed E-state index contributed by atoms with van der Waals surface area (Å²) >= 11 is 1.67. The SMILES string of the molecule is CCCCNC(=O)c1cn2nc(-c3csc4ccccc34)ncc2n1. The van der Waals surface area contributed by atoms with E-state index in [-0.39, 0.29) is 5.91 Å². The second-order valence-corrected chi connectivity index (χ2v) is 6.68. The molecule has 7 heteroatoms. The van der Waals surface area contributed by atoms with Gasteiger partial charge >= 0.3 is 0 Å². The van der Waals surface area contributed by atoms with Crippen LogP contribution in [0.2, 0.25) is 0 Å². The number of hydrogen-bond acceptors (Lipinski definition) is 5. The molecule has 4 rings (SSSR count). The largest absolute Gasteiger partial charge is 0.351 e. The Hall–Kier alpha value is -2.80. The molecule has 6 nitrogen and oxygen atoms in total. The zero-order valence-corrected chi connectivity index (χ0v) is 14.6. The topological polar surface area (TPSA) is 72.2 Å². The Morgan fingerprint density at radius 1 is 1.32 bits per heavy atom. The van der Waals surface area contributed by atoms with Gasteiger partial charge in [0, 0.05) is 27.6 Å². The minimum absolute atomic E-state index is 0.179. The molecule has 0 fully saturated rings. The van der Waals surface area contributed by atoms with E-state index in [0.29, 0.717) is 23.7 Å². The normalized spacial score (nSPS) is 11.2. The van der Waals surface area contributed by atoms with Gasteiger partial charge in [0.25, 0.3) is 5.91 Å². The van der Waals surface area contributed by atoms with E-state index >= 15 is 0 Å². The van der Waals surface area contributed by atoms with Crippen molar-refractivity contribution < 1.29 is 4.79 Å². The second kappa shape index (κ2) is 6.60. The predicted molar refractivity (Wildman–Crippen MR) is 98.8 cm³/mol. The minimum atomic E-state index is -0.179. The van der Waals surface area contributed by atoms with E-state index in [2.05, 4.69) is 44.8 Å². The van der Waals surface area contributed by atoms with Crippen LogP contribution in [0.15, 0.2) is 42.0 Å². The van der Waals surface area contributed by atoms with Crippen LogP contribution < -0.4 is 5.32 Å². The predicted octanol–water partition coefficient (Wildman–Crippen LogP) is 3.54. The highest BCUT2D eigenvalue weighted by molar-refractivity contribution is 7.17. The Bertz CT molecular complexity index is 1050. The van der Waals surface area contributed by atoms with Crippen molar-refractivity contribution >= 4 is 33.0 Å². The third-order valence-electron chi connectivity index (χ3n) is 3.99. The van der Waals surface area contributed by atoms with Crippen molar-refractivity contribution in [1.29, 1.82) is 0 Å². The van der Waals surface area contributed by atoms with Gasteiger partial charge in [-0.25, -0.2) is 14.5 Å². The summed E-state index contributed by atoms with van der Waals surface area (Å²) in [6.07, 6.45) is 5.29. The molecular weight excluding hydrogens is 334 g/mol. The Morgan fingerprint density at radius 3 is 3.08 bits per heavy atom. The number of hydrogen-bond donors (Lipinski definition) is 1. The molecule has 3 heterocycles. The summed E-state index contributed by atoms with van der Waals surface area (Å²) < 4.78 is 2.81. The van der Waals surface area contributed by atoms with Gasteiger partial charge in [0.15, 0.2) is 11.5 Å². The fourth-order valence-electron chi connectivity index (χ4n) is 2.65. The number of nitrogens with zero attached hydrogens (tertiary/aromatic N) is 4. The van der Waals surface area contributed by atoms with Crippen LogP contribution in [0.3, 0.4) is 0 Å². The van der Waals surface area contributed by atoms with Gasteiger partial charge in [-0.15, -0.1) is 16.4 Å². The number of fused-ring (bicyclic) bond motifs is 2. The number of nitrogens with one attached hydrogen (secondary N) is 1. The maximum atomic E-state index is 12.1. The smallest absolute Gasteiger partial charge is 0.271 e. The molecule has 0 atom stereocenters. The highest BCUT2D eigenvalue weighted by Crippen LogP contribution is 2.31. The van der Waals surface area contributed by atoms with Crippen molar-refractivity contribution in [2.45, 2.75) is 19.8 Å². The van der Waals surface area contributed by atoms with Crippen LogP contribution in [0.4, 0.5) is 0 Å². The first-order valence-corrected chi connectivity index (χ1v) is 9.11. The van der Waals surface area contributed by atoms with Gasteiger partial charge < -0.3 is 5.32 Å². The first kappa shape index (κ1) is 15.7. The molecule has 0 aliphatic carbocycles. The van der Waals surface area contributed by atoms with Gasteiger partial charge in [-0.1, -0.05) is 31.5 Å². The number of rotatable bonds is 5. The lowest BCUT2D eigenvalue weighted by Crippen LogP contribution is -2.24. The van der Waals surface area contributed by atoms with Gasteiger partial charge in [-0.3, -0.25) is 4.79 Å². The molecule has 126 valence electrons. The summed E-state index contributed by atoms with van der Waals surface area (Å²) in [6.45, 7) is 2.74. The Balaban J connectivity index is 1.67.